The van der Waals surface area contributed by atoms with Crippen LogP contribution in [0.15, 0.2) is 18.2 Å². The molecule has 1 aliphatic rings. The van der Waals surface area contributed by atoms with Crippen LogP contribution in [0.4, 0.5) is 5.69 Å². The molecule has 1 aromatic rings. The molecule has 0 aliphatic carbocycles. The Morgan fingerprint density at radius 2 is 2.31 bits per heavy atom. The maximum Gasteiger partial charge on any atom is 0.227 e. The molecule has 0 spiro atoms. The lowest BCUT2D eigenvalue weighted by Gasteiger charge is -2.17. The average molecular weight is 303 g/mol. The molecule has 1 heterocycles. The summed E-state index contributed by atoms with van der Waals surface area (Å²) in [4.78, 5) is 13.7. The molecule has 0 N–H and O–H groups in total. The standard InChI is InChI=1S/C12H13BrClNO/c1-8-4-10(2-3-11(8)14)15-7-9(6-13)5-12(15)16/h2-4,9H,5-7H2,1H3. The number of amides is 1. The zero-order valence-electron chi connectivity index (χ0n) is 9.04. The molecule has 86 valence electrons. The van der Waals surface area contributed by atoms with Crippen LogP contribution < -0.4 is 4.90 Å². The van der Waals surface area contributed by atoms with Crippen molar-refractivity contribution in [2.75, 3.05) is 16.8 Å². The number of alkyl halides is 1. The summed E-state index contributed by atoms with van der Waals surface area (Å²) >= 11 is 9.40. The van der Waals surface area contributed by atoms with Crippen molar-refractivity contribution in [3.63, 3.8) is 0 Å². The lowest BCUT2D eigenvalue weighted by Crippen LogP contribution is -2.24. The summed E-state index contributed by atoms with van der Waals surface area (Å²) in [6.07, 6.45) is 0.632. The van der Waals surface area contributed by atoms with E-state index in [0.717, 1.165) is 28.1 Å². The second kappa shape index (κ2) is 4.76. The van der Waals surface area contributed by atoms with Crippen LogP contribution in [0.2, 0.25) is 5.02 Å². The molecule has 0 bridgehead atoms. The summed E-state index contributed by atoms with van der Waals surface area (Å²) in [6.45, 7) is 2.75. The van der Waals surface area contributed by atoms with E-state index in [-0.39, 0.29) is 5.91 Å². The molecule has 2 rings (SSSR count). The topological polar surface area (TPSA) is 20.3 Å². The summed E-state index contributed by atoms with van der Waals surface area (Å²) in [5, 5.41) is 1.62. The van der Waals surface area contributed by atoms with Crippen molar-refractivity contribution in [3.8, 4) is 0 Å². The highest BCUT2D eigenvalue weighted by Gasteiger charge is 2.29. The molecule has 1 amide bonds. The second-order valence-corrected chi connectivity index (χ2v) is 5.22. The maximum absolute atomic E-state index is 11.8. The summed E-state index contributed by atoms with van der Waals surface area (Å²) in [7, 11) is 0. The third-order valence-corrected chi connectivity index (χ3v) is 4.22. The molecule has 0 saturated carbocycles. The Morgan fingerprint density at radius 3 is 2.88 bits per heavy atom. The monoisotopic (exact) mass is 301 g/mol. The van der Waals surface area contributed by atoms with E-state index in [2.05, 4.69) is 15.9 Å². The van der Waals surface area contributed by atoms with Crippen LogP contribution in [0, 0.1) is 12.8 Å². The van der Waals surface area contributed by atoms with Crippen LogP contribution in [0.3, 0.4) is 0 Å². The zero-order chi connectivity index (χ0) is 11.7. The van der Waals surface area contributed by atoms with Gasteiger partial charge < -0.3 is 4.90 Å². The lowest BCUT2D eigenvalue weighted by atomic mass is 10.1. The highest BCUT2D eigenvalue weighted by atomic mass is 79.9. The Kier molecular flexibility index (Phi) is 3.55. The van der Waals surface area contributed by atoms with Crippen molar-refractivity contribution in [1.29, 1.82) is 0 Å². The van der Waals surface area contributed by atoms with Crippen molar-refractivity contribution in [3.05, 3.63) is 28.8 Å². The largest absolute Gasteiger partial charge is 0.312 e. The minimum absolute atomic E-state index is 0.200. The molecule has 1 fully saturated rings. The molecule has 1 saturated heterocycles. The smallest absolute Gasteiger partial charge is 0.227 e. The predicted octanol–water partition coefficient (Wildman–Crippen LogP) is 3.40. The number of anilines is 1. The van der Waals surface area contributed by atoms with E-state index in [0.29, 0.717) is 12.3 Å². The number of hydrogen-bond donors (Lipinski definition) is 0. The summed E-state index contributed by atoms with van der Waals surface area (Å²) < 4.78 is 0. The van der Waals surface area contributed by atoms with Crippen molar-refractivity contribution in [1.82, 2.24) is 0 Å². The normalized spacial score (nSPS) is 20.6. The van der Waals surface area contributed by atoms with Gasteiger partial charge in [-0.2, -0.15) is 0 Å². The molecule has 1 unspecified atom stereocenters. The Labute approximate surface area is 109 Å². The van der Waals surface area contributed by atoms with Crippen molar-refractivity contribution < 1.29 is 4.79 Å². The minimum atomic E-state index is 0.200. The van der Waals surface area contributed by atoms with E-state index < -0.39 is 0 Å². The van der Waals surface area contributed by atoms with Gasteiger partial charge in [0.05, 0.1) is 0 Å². The molecule has 0 aromatic heterocycles. The van der Waals surface area contributed by atoms with Gasteiger partial charge in [-0.15, -0.1) is 0 Å². The number of rotatable bonds is 2. The summed E-state index contributed by atoms with van der Waals surface area (Å²) in [5.41, 5.74) is 1.96. The van der Waals surface area contributed by atoms with Crippen LogP contribution in [0.1, 0.15) is 12.0 Å². The first-order chi connectivity index (χ1) is 7.61. The Morgan fingerprint density at radius 1 is 1.56 bits per heavy atom. The predicted molar refractivity (Wildman–Crippen MR) is 70.4 cm³/mol. The van der Waals surface area contributed by atoms with E-state index in [1.165, 1.54) is 0 Å². The number of hydrogen-bond acceptors (Lipinski definition) is 1. The maximum atomic E-state index is 11.8. The van der Waals surface area contributed by atoms with Crippen molar-refractivity contribution in [2.45, 2.75) is 13.3 Å². The number of benzene rings is 1. The van der Waals surface area contributed by atoms with Crippen LogP contribution in [-0.2, 0) is 4.79 Å². The van der Waals surface area contributed by atoms with Gasteiger partial charge in [-0.1, -0.05) is 27.5 Å². The number of carbonyl (C=O) groups is 1. The molecule has 1 atom stereocenters. The first-order valence-corrected chi connectivity index (χ1v) is 6.74. The number of halogens is 2. The van der Waals surface area contributed by atoms with Gasteiger partial charge in [0.2, 0.25) is 5.91 Å². The van der Waals surface area contributed by atoms with Gasteiger partial charge in [0, 0.05) is 29.0 Å². The molecule has 16 heavy (non-hydrogen) atoms. The van der Waals surface area contributed by atoms with Crippen molar-refractivity contribution in [2.24, 2.45) is 5.92 Å². The van der Waals surface area contributed by atoms with E-state index >= 15 is 0 Å². The molecule has 1 aromatic carbocycles. The van der Waals surface area contributed by atoms with Gasteiger partial charge in [-0.25, -0.2) is 0 Å². The number of nitrogens with zero attached hydrogens (tertiary/aromatic N) is 1. The van der Waals surface area contributed by atoms with Crippen LogP contribution in [0.5, 0.6) is 0 Å². The quantitative estimate of drug-likeness (QED) is 0.767. The van der Waals surface area contributed by atoms with E-state index in [1.807, 2.05) is 30.0 Å². The third-order valence-electron chi connectivity index (χ3n) is 2.88. The lowest BCUT2D eigenvalue weighted by molar-refractivity contribution is -0.117. The van der Waals surface area contributed by atoms with Gasteiger partial charge in [-0.3, -0.25) is 4.79 Å². The number of carbonyl (C=O) groups excluding carboxylic acids is 1. The van der Waals surface area contributed by atoms with Crippen LogP contribution in [-0.4, -0.2) is 17.8 Å². The Balaban J connectivity index is 2.24. The second-order valence-electron chi connectivity index (χ2n) is 4.16. The van der Waals surface area contributed by atoms with E-state index in [9.17, 15) is 4.79 Å². The van der Waals surface area contributed by atoms with Gasteiger partial charge in [-0.05, 0) is 36.6 Å². The van der Waals surface area contributed by atoms with Gasteiger partial charge >= 0.3 is 0 Å². The van der Waals surface area contributed by atoms with Gasteiger partial charge in [0.1, 0.15) is 0 Å². The highest BCUT2D eigenvalue weighted by molar-refractivity contribution is 9.09. The fourth-order valence-electron chi connectivity index (χ4n) is 1.93. The minimum Gasteiger partial charge on any atom is -0.312 e. The van der Waals surface area contributed by atoms with Crippen molar-refractivity contribution >= 4 is 39.1 Å². The summed E-state index contributed by atoms with van der Waals surface area (Å²) in [6, 6.07) is 5.72. The SMILES string of the molecule is Cc1cc(N2CC(CBr)CC2=O)ccc1Cl. The fourth-order valence-corrected chi connectivity index (χ4v) is 2.48. The first kappa shape index (κ1) is 11.9. The van der Waals surface area contributed by atoms with Gasteiger partial charge in [0.25, 0.3) is 0 Å². The molecule has 1 aliphatic heterocycles. The molecule has 0 radical (unpaired) electrons. The first-order valence-electron chi connectivity index (χ1n) is 5.24. The zero-order valence-corrected chi connectivity index (χ0v) is 11.4. The van der Waals surface area contributed by atoms with E-state index in [4.69, 9.17) is 11.6 Å². The highest BCUT2D eigenvalue weighted by Crippen LogP contribution is 2.28. The average Bonchev–Trinajstić information content (AvgIpc) is 2.64. The van der Waals surface area contributed by atoms with Gasteiger partial charge in [0.15, 0.2) is 0 Å². The van der Waals surface area contributed by atoms with Crippen LogP contribution >= 0.6 is 27.5 Å². The molecule has 4 heteroatoms. The third kappa shape index (κ3) is 2.25. The fraction of sp³-hybridized carbons (Fsp3) is 0.417. The number of aryl methyl sites for hydroxylation is 1. The molecular weight excluding hydrogens is 289 g/mol. The Hall–Kier alpha value is -0.540. The summed E-state index contributed by atoms with van der Waals surface area (Å²) in [5.74, 6) is 0.620. The van der Waals surface area contributed by atoms with Crippen LogP contribution in [0.25, 0.3) is 0 Å². The molecule has 2 nitrogen and oxygen atoms in total. The molecular formula is C12H13BrClNO. The van der Waals surface area contributed by atoms with E-state index in [1.54, 1.807) is 0 Å². The Bertz CT molecular complexity index is 421.